The Hall–Kier alpha value is -3.86. The molecule has 0 fully saturated rings. The van der Waals surface area contributed by atoms with E-state index < -0.39 is 12.0 Å². The van der Waals surface area contributed by atoms with Crippen molar-refractivity contribution in [2.24, 2.45) is 5.10 Å². The van der Waals surface area contributed by atoms with E-state index in [9.17, 15) is 18.8 Å². The van der Waals surface area contributed by atoms with Crippen LogP contribution in [0.15, 0.2) is 64.5 Å². The highest BCUT2D eigenvalue weighted by Crippen LogP contribution is 2.20. The molecule has 2 aromatic carbocycles. The maximum atomic E-state index is 12.7. The quantitative estimate of drug-likeness (QED) is 0.533. The summed E-state index contributed by atoms with van der Waals surface area (Å²) in [6, 6.07) is 16.4. The van der Waals surface area contributed by atoms with Gasteiger partial charge in [-0.15, -0.1) is 0 Å². The van der Waals surface area contributed by atoms with Crippen LogP contribution < -0.4 is 11.0 Å². The predicted octanol–water partition coefficient (Wildman–Crippen LogP) is 3.69. The smallest absolute Gasteiger partial charge is 0.270 e. The molecule has 0 atom stereocenters. The number of nitrogens with one attached hydrogen (secondary N) is 2. The third-order valence-corrected chi connectivity index (χ3v) is 3.63. The van der Waals surface area contributed by atoms with Crippen molar-refractivity contribution < 1.29 is 8.78 Å². The first-order chi connectivity index (χ1) is 13.1. The first-order valence-electron chi connectivity index (χ1n) is 7.85. The van der Waals surface area contributed by atoms with Gasteiger partial charge in [0, 0.05) is 11.1 Å². The van der Waals surface area contributed by atoms with Gasteiger partial charge in [-0.05, 0) is 11.6 Å². The summed E-state index contributed by atoms with van der Waals surface area (Å²) in [6.45, 7) is 0. The SMILES string of the molecule is N#Cc1c(-c2ccccc2)nc(NN=Cc2cccc(C(F)F)c2)[nH]c1=O. The number of anilines is 1. The fraction of sp³-hybridized carbons (Fsp3) is 0.0526. The van der Waals surface area contributed by atoms with Gasteiger partial charge in [0.1, 0.15) is 11.6 Å². The van der Waals surface area contributed by atoms with Crippen molar-refractivity contribution in [2.75, 3.05) is 5.43 Å². The maximum absolute atomic E-state index is 12.7. The second-order valence-corrected chi connectivity index (χ2v) is 5.46. The topological polar surface area (TPSA) is 93.9 Å². The van der Waals surface area contributed by atoms with Crippen LogP contribution >= 0.6 is 0 Å². The molecule has 1 aromatic heterocycles. The molecular weight excluding hydrogens is 352 g/mol. The van der Waals surface area contributed by atoms with E-state index in [1.54, 1.807) is 36.4 Å². The summed E-state index contributed by atoms with van der Waals surface area (Å²) in [5.41, 5.74) is 3.00. The monoisotopic (exact) mass is 365 g/mol. The van der Waals surface area contributed by atoms with Crippen LogP contribution in [-0.2, 0) is 0 Å². The molecular formula is C19H13F2N5O. The number of benzene rings is 2. The standard InChI is InChI=1S/C19H13F2N5O/c20-17(21)14-8-4-5-12(9-14)11-23-26-19-24-16(13-6-2-1-3-7-13)15(10-22)18(27)25-19/h1-9,11,17H,(H2,24,25,26,27). The number of nitrogens with zero attached hydrogens (tertiary/aromatic N) is 3. The molecule has 0 radical (unpaired) electrons. The Morgan fingerprint density at radius 2 is 1.96 bits per heavy atom. The van der Waals surface area contributed by atoms with Crippen molar-refractivity contribution in [3.63, 3.8) is 0 Å². The van der Waals surface area contributed by atoms with Gasteiger partial charge in [-0.25, -0.2) is 19.2 Å². The van der Waals surface area contributed by atoms with Gasteiger partial charge in [-0.2, -0.15) is 10.4 Å². The molecule has 0 saturated heterocycles. The van der Waals surface area contributed by atoms with Crippen LogP contribution in [0.4, 0.5) is 14.7 Å². The molecule has 0 aliphatic rings. The minimum Gasteiger partial charge on any atom is -0.290 e. The number of rotatable bonds is 5. The van der Waals surface area contributed by atoms with Crippen LogP contribution in [0, 0.1) is 11.3 Å². The van der Waals surface area contributed by atoms with Crippen LogP contribution in [0.5, 0.6) is 0 Å². The van der Waals surface area contributed by atoms with Gasteiger partial charge in [0.15, 0.2) is 0 Å². The Morgan fingerprint density at radius 3 is 2.67 bits per heavy atom. The molecule has 1 heterocycles. The van der Waals surface area contributed by atoms with Crippen LogP contribution in [0.3, 0.4) is 0 Å². The lowest BCUT2D eigenvalue weighted by Crippen LogP contribution is -2.16. The van der Waals surface area contributed by atoms with E-state index >= 15 is 0 Å². The van der Waals surface area contributed by atoms with Crippen molar-refractivity contribution in [1.82, 2.24) is 9.97 Å². The molecule has 0 unspecified atom stereocenters. The van der Waals surface area contributed by atoms with Gasteiger partial charge in [-0.1, -0.05) is 48.5 Å². The zero-order chi connectivity index (χ0) is 19.2. The molecule has 134 valence electrons. The van der Waals surface area contributed by atoms with E-state index in [0.717, 1.165) is 0 Å². The van der Waals surface area contributed by atoms with Gasteiger partial charge in [-0.3, -0.25) is 9.78 Å². The minimum atomic E-state index is -2.57. The number of hydrogen-bond acceptors (Lipinski definition) is 5. The minimum absolute atomic E-state index is 0.0270. The van der Waals surface area contributed by atoms with Crippen LogP contribution in [0.25, 0.3) is 11.3 Å². The normalized spacial score (nSPS) is 10.9. The highest BCUT2D eigenvalue weighted by molar-refractivity contribution is 5.80. The number of hydrogen-bond donors (Lipinski definition) is 2. The second kappa shape index (κ2) is 8.01. The highest BCUT2D eigenvalue weighted by atomic mass is 19.3. The molecule has 3 aromatic rings. The molecule has 27 heavy (non-hydrogen) atoms. The Morgan fingerprint density at radius 1 is 1.19 bits per heavy atom. The van der Waals surface area contributed by atoms with Gasteiger partial charge in [0.25, 0.3) is 12.0 Å². The third kappa shape index (κ3) is 4.22. The lowest BCUT2D eigenvalue weighted by Gasteiger charge is -2.06. The molecule has 0 aliphatic carbocycles. The molecule has 6 nitrogen and oxygen atoms in total. The van der Waals surface area contributed by atoms with Crippen molar-refractivity contribution in [2.45, 2.75) is 6.43 Å². The van der Waals surface area contributed by atoms with E-state index in [-0.39, 0.29) is 22.8 Å². The fourth-order valence-corrected chi connectivity index (χ4v) is 2.38. The third-order valence-electron chi connectivity index (χ3n) is 3.63. The Bertz CT molecular complexity index is 1070. The number of H-pyrrole nitrogens is 1. The first-order valence-corrected chi connectivity index (χ1v) is 7.85. The van der Waals surface area contributed by atoms with E-state index in [4.69, 9.17) is 0 Å². The van der Waals surface area contributed by atoms with E-state index in [0.29, 0.717) is 11.1 Å². The molecule has 8 heteroatoms. The summed E-state index contributed by atoms with van der Waals surface area (Å²) in [5, 5.41) is 13.1. The summed E-state index contributed by atoms with van der Waals surface area (Å²) < 4.78 is 25.4. The average Bonchev–Trinajstić information content (AvgIpc) is 2.68. The molecule has 3 rings (SSSR count). The largest absolute Gasteiger partial charge is 0.290 e. The Kier molecular flexibility index (Phi) is 5.33. The Labute approximate surface area is 152 Å². The maximum Gasteiger partial charge on any atom is 0.270 e. The second-order valence-electron chi connectivity index (χ2n) is 5.46. The average molecular weight is 365 g/mol. The summed E-state index contributed by atoms with van der Waals surface area (Å²) in [6.07, 6.45) is -1.25. The van der Waals surface area contributed by atoms with Gasteiger partial charge < -0.3 is 0 Å². The van der Waals surface area contributed by atoms with Gasteiger partial charge >= 0.3 is 0 Å². The highest BCUT2D eigenvalue weighted by Gasteiger charge is 2.12. The number of hydrazone groups is 1. The molecule has 0 amide bonds. The van der Waals surface area contributed by atoms with Crippen molar-refractivity contribution in [3.8, 4) is 17.3 Å². The number of halogens is 2. The molecule has 2 N–H and O–H groups in total. The van der Waals surface area contributed by atoms with Crippen LogP contribution in [0.1, 0.15) is 23.1 Å². The summed E-state index contributed by atoms with van der Waals surface area (Å²) >= 11 is 0. The van der Waals surface area contributed by atoms with E-state index in [1.165, 1.54) is 24.4 Å². The lowest BCUT2D eigenvalue weighted by atomic mass is 10.1. The summed E-state index contributed by atoms with van der Waals surface area (Å²) in [5.74, 6) is 0.0270. The number of nitriles is 1. The summed E-state index contributed by atoms with van der Waals surface area (Å²) in [4.78, 5) is 18.8. The fourth-order valence-electron chi connectivity index (χ4n) is 2.38. The van der Waals surface area contributed by atoms with Gasteiger partial charge in [0.05, 0.1) is 11.9 Å². The van der Waals surface area contributed by atoms with Gasteiger partial charge in [0.2, 0.25) is 5.95 Å². The zero-order valence-electron chi connectivity index (χ0n) is 13.9. The number of aromatic amines is 1. The molecule has 0 saturated carbocycles. The number of aromatic nitrogens is 2. The van der Waals surface area contributed by atoms with Crippen molar-refractivity contribution in [3.05, 3.63) is 81.6 Å². The van der Waals surface area contributed by atoms with E-state index in [1.807, 2.05) is 6.07 Å². The predicted molar refractivity (Wildman–Crippen MR) is 97.6 cm³/mol. The molecule has 0 aliphatic heterocycles. The molecule has 0 bridgehead atoms. The van der Waals surface area contributed by atoms with Crippen LogP contribution in [0.2, 0.25) is 0 Å². The van der Waals surface area contributed by atoms with Crippen molar-refractivity contribution in [1.29, 1.82) is 5.26 Å². The first kappa shape index (κ1) is 17.9. The number of alkyl halides is 2. The zero-order valence-corrected chi connectivity index (χ0v) is 13.9. The van der Waals surface area contributed by atoms with E-state index in [2.05, 4.69) is 20.5 Å². The van der Waals surface area contributed by atoms with Crippen LogP contribution in [-0.4, -0.2) is 16.2 Å². The Balaban J connectivity index is 1.88. The van der Waals surface area contributed by atoms with Crippen molar-refractivity contribution >= 4 is 12.2 Å². The summed E-state index contributed by atoms with van der Waals surface area (Å²) in [7, 11) is 0. The molecule has 0 spiro atoms. The lowest BCUT2D eigenvalue weighted by molar-refractivity contribution is 0.151.